The maximum atomic E-state index is 5.42. The van der Waals surface area contributed by atoms with Crippen molar-refractivity contribution in [3.63, 3.8) is 0 Å². The van der Waals surface area contributed by atoms with E-state index in [1.807, 2.05) is 25.2 Å². The van der Waals surface area contributed by atoms with Crippen LogP contribution in [0.15, 0.2) is 28.1 Å². The molecule has 0 radical (unpaired) electrons. The van der Waals surface area contributed by atoms with Crippen molar-refractivity contribution >= 4 is 27.3 Å². The summed E-state index contributed by atoms with van der Waals surface area (Å²) < 4.78 is 17.3. The molecule has 4 nitrogen and oxygen atoms in total. The minimum Gasteiger partial charge on any atom is -0.493 e. The lowest BCUT2D eigenvalue weighted by Crippen LogP contribution is -2.17. The maximum Gasteiger partial charge on any atom is 0.203 e. The largest absolute Gasteiger partial charge is 0.493 e. The molecular formula is C15H18BrNO3S. The van der Waals surface area contributed by atoms with Crippen molar-refractivity contribution in [2.75, 3.05) is 28.4 Å². The summed E-state index contributed by atoms with van der Waals surface area (Å²) in [5, 5.41) is 5.39. The highest BCUT2D eigenvalue weighted by Crippen LogP contribution is 2.42. The second-order valence-corrected chi connectivity index (χ2v) is 6.12. The number of benzene rings is 1. The summed E-state index contributed by atoms with van der Waals surface area (Å²) in [5.41, 5.74) is 1.05. The van der Waals surface area contributed by atoms with E-state index in [0.29, 0.717) is 17.2 Å². The summed E-state index contributed by atoms with van der Waals surface area (Å²) in [6.07, 6.45) is 0. The number of halogens is 1. The number of hydrogen-bond donors (Lipinski definition) is 1. The van der Waals surface area contributed by atoms with E-state index in [0.717, 1.165) is 10.0 Å². The van der Waals surface area contributed by atoms with Gasteiger partial charge >= 0.3 is 0 Å². The lowest BCUT2D eigenvalue weighted by Gasteiger charge is -2.20. The summed E-state index contributed by atoms with van der Waals surface area (Å²) >= 11 is 5.28. The summed E-state index contributed by atoms with van der Waals surface area (Å²) in [5.74, 6) is 1.91. The molecule has 21 heavy (non-hydrogen) atoms. The number of thiophene rings is 1. The van der Waals surface area contributed by atoms with E-state index in [-0.39, 0.29) is 6.04 Å². The van der Waals surface area contributed by atoms with Crippen LogP contribution < -0.4 is 19.5 Å². The highest BCUT2D eigenvalue weighted by atomic mass is 79.9. The zero-order valence-electron chi connectivity index (χ0n) is 12.4. The molecule has 0 aliphatic carbocycles. The van der Waals surface area contributed by atoms with Crippen LogP contribution >= 0.6 is 27.3 Å². The minimum absolute atomic E-state index is 0.0491. The van der Waals surface area contributed by atoms with E-state index in [1.54, 1.807) is 32.7 Å². The van der Waals surface area contributed by atoms with E-state index in [2.05, 4.69) is 26.6 Å². The standard InChI is InChI=1S/C15H18BrNO3S/c1-17-13(15-10(16)5-6-21-15)9-7-11(18-2)14(20-4)12(8-9)19-3/h5-8,13,17H,1-4H3. The molecule has 2 rings (SSSR count). The maximum absolute atomic E-state index is 5.42. The van der Waals surface area contributed by atoms with Gasteiger partial charge in [-0.25, -0.2) is 0 Å². The smallest absolute Gasteiger partial charge is 0.203 e. The average Bonchev–Trinajstić information content (AvgIpc) is 2.93. The van der Waals surface area contributed by atoms with Crippen molar-refractivity contribution in [2.24, 2.45) is 0 Å². The van der Waals surface area contributed by atoms with Crippen molar-refractivity contribution in [1.29, 1.82) is 0 Å². The molecule has 0 fully saturated rings. The van der Waals surface area contributed by atoms with Gasteiger partial charge in [0.15, 0.2) is 11.5 Å². The molecule has 2 aromatic rings. The van der Waals surface area contributed by atoms with E-state index >= 15 is 0 Å². The molecule has 1 aromatic carbocycles. The Morgan fingerprint density at radius 2 is 1.71 bits per heavy atom. The summed E-state index contributed by atoms with van der Waals surface area (Å²) in [6.45, 7) is 0. The van der Waals surface area contributed by atoms with Gasteiger partial charge in [-0.2, -0.15) is 0 Å². The Kier molecular flexibility index (Phi) is 5.50. The first-order valence-corrected chi connectivity index (χ1v) is 8.03. The molecular weight excluding hydrogens is 354 g/mol. The zero-order chi connectivity index (χ0) is 15.4. The molecule has 1 N–H and O–H groups in total. The normalized spacial score (nSPS) is 12.0. The van der Waals surface area contributed by atoms with Crippen molar-refractivity contribution in [2.45, 2.75) is 6.04 Å². The van der Waals surface area contributed by atoms with Gasteiger partial charge in [0.2, 0.25) is 5.75 Å². The molecule has 114 valence electrons. The monoisotopic (exact) mass is 371 g/mol. The van der Waals surface area contributed by atoms with Crippen molar-refractivity contribution in [1.82, 2.24) is 5.32 Å². The van der Waals surface area contributed by atoms with Crippen LogP contribution in [0.25, 0.3) is 0 Å². The summed E-state index contributed by atoms with van der Waals surface area (Å²) in [4.78, 5) is 1.20. The van der Waals surface area contributed by atoms with E-state index < -0.39 is 0 Å². The Hall–Kier alpha value is -1.24. The Balaban J connectivity index is 2.54. The molecule has 0 saturated carbocycles. The van der Waals surface area contributed by atoms with E-state index in [9.17, 15) is 0 Å². The van der Waals surface area contributed by atoms with Gasteiger partial charge in [0.05, 0.1) is 27.4 Å². The third-order valence-corrected chi connectivity index (χ3v) is 5.15. The zero-order valence-corrected chi connectivity index (χ0v) is 14.8. The number of hydrogen-bond acceptors (Lipinski definition) is 5. The van der Waals surface area contributed by atoms with Gasteiger partial charge < -0.3 is 19.5 Å². The van der Waals surface area contributed by atoms with Crippen LogP contribution in [0.1, 0.15) is 16.5 Å². The van der Waals surface area contributed by atoms with Gasteiger partial charge in [0, 0.05) is 9.35 Å². The second kappa shape index (κ2) is 7.15. The van der Waals surface area contributed by atoms with Gasteiger partial charge in [-0.15, -0.1) is 11.3 Å². The van der Waals surface area contributed by atoms with Crippen molar-refractivity contribution < 1.29 is 14.2 Å². The fourth-order valence-electron chi connectivity index (χ4n) is 2.23. The molecule has 0 bridgehead atoms. The molecule has 0 saturated heterocycles. The molecule has 0 aliphatic rings. The molecule has 0 amide bonds. The van der Waals surface area contributed by atoms with Crippen LogP contribution in [0.3, 0.4) is 0 Å². The van der Waals surface area contributed by atoms with Crippen molar-refractivity contribution in [3.8, 4) is 17.2 Å². The molecule has 1 aromatic heterocycles. The first-order chi connectivity index (χ1) is 10.2. The third kappa shape index (κ3) is 3.17. The number of nitrogens with one attached hydrogen (secondary N) is 1. The third-order valence-electron chi connectivity index (χ3n) is 3.22. The van der Waals surface area contributed by atoms with Crippen LogP contribution in [-0.4, -0.2) is 28.4 Å². The molecule has 6 heteroatoms. The fourth-order valence-corrected chi connectivity index (χ4v) is 3.97. The van der Waals surface area contributed by atoms with Gasteiger partial charge in [-0.1, -0.05) is 0 Å². The predicted octanol–water partition coefficient (Wildman–Crippen LogP) is 3.85. The highest BCUT2D eigenvalue weighted by molar-refractivity contribution is 9.10. The number of rotatable bonds is 6. The Morgan fingerprint density at radius 3 is 2.10 bits per heavy atom. The topological polar surface area (TPSA) is 39.7 Å². The molecule has 1 unspecified atom stereocenters. The average molecular weight is 372 g/mol. The lowest BCUT2D eigenvalue weighted by atomic mass is 10.0. The summed E-state index contributed by atoms with van der Waals surface area (Å²) in [7, 11) is 6.78. The Labute approximate surface area is 137 Å². The summed E-state index contributed by atoms with van der Waals surface area (Å²) in [6, 6.07) is 6.03. The molecule has 0 aliphatic heterocycles. The van der Waals surface area contributed by atoms with Crippen LogP contribution in [0.2, 0.25) is 0 Å². The van der Waals surface area contributed by atoms with Crippen LogP contribution in [0, 0.1) is 0 Å². The Morgan fingerprint density at radius 1 is 1.10 bits per heavy atom. The van der Waals surface area contributed by atoms with Crippen LogP contribution in [0.5, 0.6) is 17.2 Å². The van der Waals surface area contributed by atoms with Gasteiger partial charge in [-0.3, -0.25) is 0 Å². The van der Waals surface area contributed by atoms with Crippen LogP contribution in [0.4, 0.5) is 0 Å². The molecule has 0 spiro atoms. The van der Waals surface area contributed by atoms with Gasteiger partial charge in [0.1, 0.15) is 0 Å². The SMILES string of the molecule is CNC(c1cc(OC)c(OC)c(OC)c1)c1sccc1Br. The van der Waals surface area contributed by atoms with Gasteiger partial charge in [0.25, 0.3) is 0 Å². The minimum atomic E-state index is 0.0491. The molecule has 1 heterocycles. The lowest BCUT2D eigenvalue weighted by molar-refractivity contribution is 0.323. The first kappa shape index (κ1) is 16.1. The van der Waals surface area contributed by atoms with Gasteiger partial charge in [-0.05, 0) is 52.1 Å². The first-order valence-electron chi connectivity index (χ1n) is 6.36. The number of methoxy groups -OCH3 is 3. The molecule has 1 atom stereocenters. The van der Waals surface area contributed by atoms with E-state index in [1.165, 1.54) is 4.88 Å². The van der Waals surface area contributed by atoms with E-state index in [4.69, 9.17) is 14.2 Å². The van der Waals surface area contributed by atoms with Crippen molar-refractivity contribution in [3.05, 3.63) is 38.5 Å². The second-order valence-electron chi connectivity index (χ2n) is 4.31. The number of ether oxygens (including phenoxy) is 3. The Bertz CT molecular complexity index is 590. The fraction of sp³-hybridized carbons (Fsp3) is 0.333. The highest BCUT2D eigenvalue weighted by Gasteiger charge is 2.21. The van der Waals surface area contributed by atoms with Crippen LogP contribution in [-0.2, 0) is 0 Å². The predicted molar refractivity (Wildman–Crippen MR) is 89.0 cm³/mol. The quantitative estimate of drug-likeness (QED) is 0.836.